The Morgan fingerprint density at radius 2 is 1.60 bits per heavy atom. The fourth-order valence-corrected chi connectivity index (χ4v) is 10.5. The van der Waals surface area contributed by atoms with Gasteiger partial charge in [0.2, 0.25) is 16.0 Å². The molecule has 16 nitrogen and oxygen atoms in total. The van der Waals surface area contributed by atoms with Crippen molar-refractivity contribution in [2.24, 2.45) is 7.05 Å². The maximum absolute atomic E-state index is 13.8. The molecule has 1 atom stereocenters. The summed E-state index contributed by atoms with van der Waals surface area (Å²) >= 11 is 6.34. The number of fused-ring (bicyclic) bond motifs is 1. The van der Waals surface area contributed by atoms with E-state index in [1.807, 2.05) is 37.3 Å². The molecule has 0 saturated heterocycles. The van der Waals surface area contributed by atoms with Crippen LogP contribution in [0.5, 0.6) is 11.5 Å². The van der Waals surface area contributed by atoms with Gasteiger partial charge >= 0.3 is 0 Å². The molecule has 0 fully saturated rings. The van der Waals surface area contributed by atoms with Gasteiger partial charge in [-0.3, -0.25) is 9.59 Å². The first-order valence-corrected chi connectivity index (χ1v) is 26.8. The molecule has 0 bridgehead atoms. The number of sulfonamides is 1. The Kier molecular flexibility index (Phi) is 18.5. The van der Waals surface area contributed by atoms with Crippen molar-refractivity contribution in [2.45, 2.75) is 113 Å². The number of aryl methyl sites for hydroxylation is 2. The summed E-state index contributed by atoms with van der Waals surface area (Å²) in [5.41, 5.74) is 5.24. The molecule has 0 aliphatic carbocycles. The van der Waals surface area contributed by atoms with Gasteiger partial charge in [0.15, 0.2) is 15.7 Å². The second kappa shape index (κ2) is 24.3. The van der Waals surface area contributed by atoms with Crippen molar-refractivity contribution >= 4 is 71.5 Å². The molecule has 70 heavy (non-hydrogen) atoms. The molecule has 374 valence electrons. The lowest BCUT2D eigenvalue weighted by Crippen LogP contribution is -2.27. The van der Waals surface area contributed by atoms with Crippen LogP contribution in [0.4, 0.5) is 17.5 Å². The van der Waals surface area contributed by atoms with Crippen LogP contribution < -0.4 is 20.1 Å². The number of carbonyl (C=O) groups excluding carboxylic acids is 2. The van der Waals surface area contributed by atoms with E-state index < -0.39 is 25.1 Å². The Morgan fingerprint density at radius 3 is 2.33 bits per heavy atom. The Labute approximate surface area is 416 Å². The number of nitrogens with one attached hydrogen (secondary N) is 2. The third kappa shape index (κ3) is 13.7. The molecule has 0 aliphatic heterocycles. The number of carbonyl (C=O) groups is 2. The van der Waals surface area contributed by atoms with Gasteiger partial charge < -0.3 is 20.1 Å². The SMILES string of the molecule is COc1cc(C(CC(C)=O)c2ccc(C)c(CN(C)S(=O)(=O)c3ccc(OCCCCCCCC(=O)CCCNc4ncc(Cl)c(Nc5ccccc5S(=O)(=O)C(C)C)n4)cc3)c2)cc2nnn(C)c12. The van der Waals surface area contributed by atoms with Gasteiger partial charge in [-0.05, 0) is 118 Å². The summed E-state index contributed by atoms with van der Waals surface area (Å²) < 4.78 is 67.9. The van der Waals surface area contributed by atoms with Crippen LogP contribution >= 0.6 is 11.6 Å². The average molecular weight is 1020 g/mol. The molecule has 2 heterocycles. The Hall–Kier alpha value is -5.95. The number of nitrogens with zero attached hydrogens (tertiary/aromatic N) is 6. The van der Waals surface area contributed by atoms with E-state index in [4.69, 9.17) is 21.1 Å². The van der Waals surface area contributed by atoms with Crippen LogP contribution in [0.25, 0.3) is 11.0 Å². The van der Waals surface area contributed by atoms with Crippen LogP contribution in [-0.2, 0) is 43.0 Å². The predicted molar refractivity (Wildman–Crippen MR) is 273 cm³/mol. The molecule has 0 amide bonds. The molecule has 0 spiro atoms. The number of sulfone groups is 1. The molecular formula is C51H63ClN8O8S2. The first-order valence-electron chi connectivity index (χ1n) is 23.4. The fourth-order valence-electron chi connectivity index (χ4n) is 8.03. The molecule has 6 rings (SSSR count). The first-order chi connectivity index (χ1) is 33.4. The summed E-state index contributed by atoms with van der Waals surface area (Å²) in [5.74, 6) is 1.65. The van der Waals surface area contributed by atoms with Crippen molar-refractivity contribution < 1.29 is 35.9 Å². The highest BCUT2D eigenvalue weighted by Crippen LogP contribution is 2.36. The summed E-state index contributed by atoms with van der Waals surface area (Å²) in [6.45, 7) is 7.84. The number of ketones is 2. The average Bonchev–Trinajstić information content (AvgIpc) is 3.71. The number of rotatable bonds is 27. The van der Waals surface area contributed by atoms with Gasteiger partial charge in [-0.25, -0.2) is 26.5 Å². The lowest BCUT2D eigenvalue weighted by Gasteiger charge is -2.22. The fraction of sp³-hybridized carbons (Fsp3) is 0.412. The largest absolute Gasteiger partial charge is 0.494 e. The highest BCUT2D eigenvalue weighted by molar-refractivity contribution is 7.92. The Morgan fingerprint density at radius 1 is 0.886 bits per heavy atom. The van der Waals surface area contributed by atoms with E-state index in [2.05, 4.69) is 30.9 Å². The van der Waals surface area contributed by atoms with Crippen molar-refractivity contribution in [1.29, 1.82) is 0 Å². The number of aromatic nitrogens is 5. The molecule has 2 aromatic heterocycles. The molecule has 19 heteroatoms. The van der Waals surface area contributed by atoms with Crippen LogP contribution in [0.1, 0.15) is 107 Å². The second-order valence-electron chi connectivity index (χ2n) is 17.7. The molecule has 0 saturated carbocycles. The maximum atomic E-state index is 13.8. The monoisotopic (exact) mass is 1010 g/mol. The summed E-state index contributed by atoms with van der Waals surface area (Å²) in [6.07, 6.45) is 7.68. The molecule has 4 aromatic carbocycles. The molecule has 0 radical (unpaired) electrons. The number of Topliss-reactive ketones (excluding diaryl/α,β-unsaturated/α-hetero) is 2. The van der Waals surface area contributed by atoms with E-state index in [-0.39, 0.29) is 51.1 Å². The Balaban J connectivity index is 0.893. The van der Waals surface area contributed by atoms with Crippen molar-refractivity contribution in [2.75, 3.05) is 37.9 Å². The van der Waals surface area contributed by atoms with Crippen molar-refractivity contribution in [1.82, 2.24) is 29.3 Å². The summed E-state index contributed by atoms with van der Waals surface area (Å²) in [5, 5.41) is 14.2. The van der Waals surface area contributed by atoms with Crippen molar-refractivity contribution in [3.05, 3.63) is 112 Å². The number of methoxy groups -OCH3 is 1. The molecular weight excluding hydrogens is 952 g/mol. The number of hydrogen-bond donors (Lipinski definition) is 2. The van der Waals surface area contributed by atoms with Gasteiger partial charge in [0, 0.05) is 52.4 Å². The zero-order chi connectivity index (χ0) is 50.6. The second-order valence-corrected chi connectivity index (χ2v) is 22.6. The van der Waals surface area contributed by atoms with E-state index in [0.29, 0.717) is 61.1 Å². The number of unbranched alkanes of at least 4 members (excludes halogenated alkanes) is 4. The van der Waals surface area contributed by atoms with Crippen molar-refractivity contribution in [3.8, 4) is 11.5 Å². The number of ether oxygens (including phenoxy) is 2. The minimum atomic E-state index is -3.85. The normalized spacial score (nSPS) is 12.4. The van der Waals surface area contributed by atoms with Crippen molar-refractivity contribution in [3.63, 3.8) is 0 Å². The summed E-state index contributed by atoms with van der Waals surface area (Å²) in [4.78, 5) is 34.1. The highest BCUT2D eigenvalue weighted by atomic mass is 35.5. The number of para-hydroxylation sites is 1. The van der Waals surface area contributed by atoms with Gasteiger partial charge in [-0.1, -0.05) is 66.4 Å². The number of anilines is 3. The summed E-state index contributed by atoms with van der Waals surface area (Å²) in [6, 6.07) is 22.8. The van der Waals surface area contributed by atoms with Gasteiger partial charge in [0.05, 0.1) is 40.6 Å². The first kappa shape index (κ1) is 53.4. The van der Waals surface area contributed by atoms with E-state index in [9.17, 15) is 26.4 Å². The minimum Gasteiger partial charge on any atom is -0.494 e. The number of benzene rings is 4. The van der Waals surface area contributed by atoms with Crippen LogP contribution in [0.2, 0.25) is 5.02 Å². The molecule has 6 aromatic rings. The van der Waals surface area contributed by atoms with Gasteiger partial charge in [-0.15, -0.1) is 5.10 Å². The van der Waals surface area contributed by atoms with E-state index >= 15 is 0 Å². The topological polar surface area (TPSA) is 205 Å². The predicted octanol–water partition coefficient (Wildman–Crippen LogP) is 9.77. The highest BCUT2D eigenvalue weighted by Gasteiger charge is 2.26. The Bertz CT molecular complexity index is 3000. The quantitative estimate of drug-likeness (QED) is 0.0461. The molecule has 1 unspecified atom stereocenters. The van der Waals surface area contributed by atoms with Crippen LogP contribution in [0.3, 0.4) is 0 Å². The smallest absolute Gasteiger partial charge is 0.243 e. The van der Waals surface area contributed by atoms with E-state index in [0.717, 1.165) is 59.9 Å². The van der Waals surface area contributed by atoms with Crippen LogP contribution in [-0.4, -0.2) is 90.2 Å². The summed E-state index contributed by atoms with van der Waals surface area (Å²) in [7, 11) is -2.46. The van der Waals surface area contributed by atoms with Crippen LogP contribution in [0, 0.1) is 6.92 Å². The van der Waals surface area contributed by atoms with E-state index in [1.165, 1.54) is 10.5 Å². The molecule has 0 aliphatic rings. The van der Waals surface area contributed by atoms with Gasteiger partial charge in [0.25, 0.3) is 0 Å². The zero-order valence-corrected chi connectivity index (χ0v) is 43.3. The minimum absolute atomic E-state index is 0.0141. The third-order valence-corrected chi connectivity index (χ3v) is 16.4. The lowest BCUT2D eigenvalue weighted by atomic mass is 9.85. The van der Waals surface area contributed by atoms with Crippen LogP contribution in [0.15, 0.2) is 94.9 Å². The standard InChI is InChI=1S/C51H63ClN8O8S2/c1-34(2)69(63,64)48-19-13-12-18-45(48)55-50-44(52)32-54-51(56-50)53-26-15-17-40(62)16-11-9-8-10-14-27-68-41-22-24-42(25-23-41)70(65,66)59(5)33-39-29-37(21-20-35(39)3)43(28-36(4)61)38-30-46-49(47(31-38)67-7)60(6)58-57-46/h12-13,18-25,29-32,34,43H,8-11,14-17,26-28,33H2,1-7H3,(H2,53,54,55,56). The van der Waals surface area contributed by atoms with E-state index in [1.54, 1.807) is 95.2 Å². The number of hydrogen-bond acceptors (Lipinski definition) is 14. The third-order valence-electron chi connectivity index (χ3n) is 12.1. The lowest BCUT2D eigenvalue weighted by molar-refractivity contribution is -0.119. The maximum Gasteiger partial charge on any atom is 0.243 e. The van der Waals surface area contributed by atoms with Gasteiger partial charge in [0.1, 0.15) is 39.1 Å². The zero-order valence-electron chi connectivity index (χ0n) is 40.9. The number of halogens is 1. The molecule has 2 N–H and O–H groups in total. The van der Waals surface area contributed by atoms with Gasteiger partial charge in [-0.2, -0.15) is 9.29 Å².